The van der Waals surface area contributed by atoms with Gasteiger partial charge in [0.2, 0.25) is 0 Å². The minimum absolute atomic E-state index is 0.568. The van der Waals surface area contributed by atoms with Crippen molar-refractivity contribution in [1.29, 1.82) is 0 Å². The number of nitrogens with one attached hydrogen (secondary N) is 1. The highest BCUT2D eigenvalue weighted by atomic mass is 32.2. The Bertz CT molecular complexity index is 284. The predicted molar refractivity (Wildman–Crippen MR) is 75.4 cm³/mol. The molecule has 0 aliphatic carbocycles. The molecule has 1 aromatic heterocycles. The third kappa shape index (κ3) is 5.87. The van der Waals surface area contributed by atoms with Gasteiger partial charge >= 0.3 is 0 Å². The number of thiazole rings is 1. The molecule has 1 rings (SSSR count). The molecule has 0 spiro atoms. The monoisotopic (exact) mass is 258 g/mol. The van der Waals surface area contributed by atoms with Gasteiger partial charge in [0.25, 0.3) is 0 Å². The third-order valence-electron chi connectivity index (χ3n) is 2.11. The lowest BCUT2D eigenvalue weighted by molar-refractivity contribution is 0.587. The molecule has 0 aliphatic rings. The molecule has 1 heterocycles. The Morgan fingerprint density at radius 1 is 1.50 bits per heavy atom. The molecule has 0 unspecified atom stereocenters. The van der Waals surface area contributed by atoms with E-state index in [1.54, 1.807) is 11.3 Å². The lowest BCUT2D eigenvalue weighted by atomic mass is 10.3. The number of aromatic nitrogens is 1. The van der Waals surface area contributed by atoms with Gasteiger partial charge in [0.05, 0.1) is 5.69 Å². The molecule has 0 saturated carbocycles. The second-order valence-corrected chi connectivity index (χ2v) is 6.19. The second kappa shape index (κ2) is 8.09. The number of thioether (sulfide) groups is 1. The van der Waals surface area contributed by atoms with Crippen molar-refractivity contribution in [2.45, 2.75) is 45.4 Å². The topological polar surface area (TPSA) is 24.9 Å². The van der Waals surface area contributed by atoms with Crippen LogP contribution < -0.4 is 5.32 Å². The van der Waals surface area contributed by atoms with Crippen molar-refractivity contribution in [3.8, 4) is 0 Å². The summed E-state index contributed by atoms with van der Waals surface area (Å²) in [4.78, 5) is 4.64. The molecule has 4 heteroatoms. The van der Waals surface area contributed by atoms with E-state index in [0.717, 1.165) is 18.7 Å². The van der Waals surface area contributed by atoms with Gasteiger partial charge in [0.1, 0.15) is 5.01 Å². The molecule has 92 valence electrons. The van der Waals surface area contributed by atoms with Crippen LogP contribution in [-0.2, 0) is 12.2 Å². The molecule has 0 fully saturated rings. The van der Waals surface area contributed by atoms with E-state index >= 15 is 0 Å². The fourth-order valence-electron chi connectivity index (χ4n) is 1.32. The minimum atomic E-state index is 0.568. The summed E-state index contributed by atoms with van der Waals surface area (Å²) in [5, 5.41) is 6.89. The van der Waals surface area contributed by atoms with E-state index in [0.29, 0.717) is 6.04 Å². The maximum absolute atomic E-state index is 4.64. The zero-order chi connectivity index (χ0) is 11.8. The smallest absolute Gasteiger partial charge is 0.103 e. The van der Waals surface area contributed by atoms with Crippen LogP contribution in [0.15, 0.2) is 5.38 Å². The largest absolute Gasteiger partial charge is 0.314 e. The van der Waals surface area contributed by atoms with Crippen LogP contribution in [0.4, 0.5) is 0 Å². The van der Waals surface area contributed by atoms with E-state index in [9.17, 15) is 0 Å². The number of rotatable bonds is 8. The van der Waals surface area contributed by atoms with Crippen molar-refractivity contribution in [1.82, 2.24) is 10.3 Å². The van der Waals surface area contributed by atoms with E-state index in [4.69, 9.17) is 0 Å². The first-order chi connectivity index (χ1) is 7.72. The Morgan fingerprint density at radius 2 is 2.31 bits per heavy atom. The summed E-state index contributed by atoms with van der Waals surface area (Å²) >= 11 is 3.78. The Morgan fingerprint density at radius 3 is 3.00 bits per heavy atom. The number of hydrogen-bond donors (Lipinski definition) is 1. The van der Waals surface area contributed by atoms with Gasteiger partial charge < -0.3 is 5.32 Å². The van der Waals surface area contributed by atoms with E-state index < -0.39 is 0 Å². The van der Waals surface area contributed by atoms with Gasteiger partial charge in [-0.05, 0) is 12.2 Å². The van der Waals surface area contributed by atoms with Crippen molar-refractivity contribution in [3.05, 3.63) is 16.1 Å². The van der Waals surface area contributed by atoms with Gasteiger partial charge in [0, 0.05) is 30.1 Å². The SMILES string of the molecule is CCCSCc1nc(CCNC(C)C)cs1. The van der Waals surface area contributed by atoms with E-state index in [-0.39, 0.29) is 0 Å². The normalized spacial score (nSPS) is 11.2. The first-order valence-corrected chi connectivity index (χ1v) is 8.00. The summed E-state index contributed by atoms with van der Waals surface area (Å²) in [6.07, 6.45) is 2.30. The molecule has 1 N–H and O–H groups in total. The average molecular weight is 258 g/mol. The van der Waals surface area contributed by atoms with Gasteiger partial charge in [-0.25, -0.2) is 4.98 Å². The Kier molecular flexibility index (Phi) is 7.08. The molecular weight excluding hydrogens is 236 g/mol. The predicted octanol–water partition coefficient (Wildman–Crippen LogP) is 3.33. The van der Waals surface area contributed by atoms with Crippen molar-refractivity contribution in [2.75, 3.05) is 12.3 Å². The molecular formula is C12H22N2S2. The van der Waals surface area contributed by atoms with E-state index in [1.165, 1.54) is 22.9 Å². The lowest BCUT2D eigenvalue weighted by Crippen LogP contribution is -2.25. The maximum atomic E-state index is 4.64. The van der Waals surface area contributed by atoms with Gasteiger partial charge in [0.15, 0.2) is 0 Å². The van der Waals surface area contributed by atoms with E-state index in [1.807, 2.05) is 11.8 Å². The van der Waals surface area contributed by atoms with Crippen LogP contribution in [0.5, 0.6) is 0 Å². The number of hydrogen-bond acceptors (Lipinski definition) is 4. The van der Waals surface area contributed by atoms with Crippen molar-refractivity contribution >= 4 is 23.1 Å². The van der Waals surface area contributed by atoms with Gasteiger partial charge in [-0.15, -0.1) is 11.3 Å². The summed E-state index contributed by atoms with van der Waals surface area (Å²) in [5.41, 5.74) is 1.24. The highest BCUT2D eigenvalue weighted by molar-refractivity contribution is 7.98. The van der Waals surface area contributed by atoms with E-state index in [2.05, 4.69) is 36.5 Å². The fraction of sp³-hybridized carbons (Fsp3) is 0.750. The molecule has 0 radical (unpaired) electrons. The first kappa shape index (κ1) is 14.0. The summed E-state index contributed by atoms with van der Waals surface area (Å²) < 4.78 is 0. The average Bonchev–Trinajstić information content (AvgIpc) is 2.66. The fourth-order valence-corrected chi connectivity index (χ4v) is 3.13. The standard InChI is InChI=1S/C12H22N2S2/c1-4-7-15-9-12-14-11(8-16-12)5-6-13-10(2)3/h8,10,13H,4-7,9H2,1-3H3. The third-order valence-corrected chi connectivity index (χ3v) is 4.36. The lowest BCUT2D eigenvalue weighted by Gasteiger charge is -2.05. The highest BCUT2D eigenvalue weighted by Crippen LogP contribution is 2.17. The van der Waals surface area contributed by atoms with Gasteiger partial charge in [-0.2, -0.15) is 11.8 Å². The van der Waals surface area contributed by atoms with Crippen LogP contribution in [-0.4, -0.2) is 23.3 Å². The molecule has 16 heavy (non-hydrogen) atoms. The quantitative estimate of drug-likeness (QED) is 0.724. The van der Waals surface area contributed by atoms with Crippen LogP contribution >= 0.6 is 23.1 Å². The van der Waals surface area contributed by atoms with Crippen LogP contribution in [0.2, 0.25) is 0 Å². The van der Waals surface area contributed by atoms with Crippen molar-refractivity contribution in [2.24, 2.45) is 0 Å². The first-order valence-electron chi connectivity index (χ1n) is 5.96. The highest BCUT2D eigenvalue weighted by Gasteiger charge is 2.02. The molecule has 0 aromatic carbocycles. The Balaban J connectivity index is 2.22. The molecule has 0 bridgehead atoms. The zero-order valence-corrected chi connectivity index (χ0v) is 12.1. The second-order valence-electron chi connectivity index (χ2n) is 4.14. The Hall–Kier alpha value is -0.0600. The molecule has 2 nitrogen and oxygen atoms in total. The molecule has 0 saturated heterocycles. The maximum Gasteiger partial charge on any atom is 0.103 e. The Labute approximate surface area is 107 Å². The van der Waals surface area contributed by atoms with Crippen molar-refractivity contribution < 1.29 is 0 Å². The van der Waals surface area contributed by atoms with Gasteiger partial charge in [-0.3, -0.25) is 0 Å². The van der Waals surface area contributed by atoms with Crippen LogP contribution in [0.25, 0.3) is 0 Å². The summed E-state index contributed by atoms with van der Waals surface area (Å²) in [5.74, 6) is 2.32. The van der Waals surface area contributed by atoms with Crippen LogP contribution in [0.1, 0.15) is 37.9 Å². The van der Waals surface area contributed by atoms with Crippen LogP contribution in [0.3, 0.4) is 0 Å². The van der Waals surface area contributed by atoms with Crippen LogP contribution in [0, 0.1) is 0 Å². The molecule has 0 atom stereocenters. The summed E-state index contributed by atoms with van der Waals surface area (Å²) in [7, 11) is 0. The van der Waals surface area contributed by atoms with Crippen molar-refractivity contribution in [3.63, 3.8) is 0 Å². The summed E-state index contributed by atoms with van der Waals surface area (Å²) in [6.45, 7) is 7.60. The molecule has 0 aliphatic heterocycles. The number of nitrogens with zero attached hydrogens (tertiary/aromatic N) is 1. The molecule has 0 amide bonds. The van der Waals surface area contributed by atoms with Gasteiger partial charge in [-0.1, -0.05) is 20.8 Å². The zero-order valence-electron chi connectivity index (χ0n) is 10.5. The molecule has 1 aromatic rings. The minimum Gasteiger partial charge on any atom is -0.314 e. The summed E-state index contributed by atoms with van der Waals surface area (Å²) in [6, 6.07) is 0.568.